The molecule has 0 spiro atoms. The van der Waals surface area contributed by atoms with Crippen LogP contribution in [-0.4, -0.2) is 23.8 Å². The maximum atomic E-state index is 11.9. The molecular weight excluding hydrogens is 119 g/mol. The molecule has 0 aliphatic heterocycles. The molecule has 9 heavy (non-hydrogen) atoms. The molecule has 0 aliphatic carbocycles. The number of nitrogens with zero attached hydrogens (tertiary/aromatic N) is 1. The van der Waals surface area contributed by atoms with Gasteiger partial charge in [0.15, 0.2) is 5.82 Å². The Morgan fingerprint density at radius 3 is 2.33 bits per heavy atom. The molecule has 1 nitrogen and oxygen atoms in total. The van der Waals surface area contributed by atoms with E-state index < -0.39 is 11.8 Å². The van der Waals surface area contributed by atoms with Crippen molar-refractivity contribution in [3.63, 3.8) is 0 Å². The quantitative estimate of drug-likeness (QED) is 0.369. The molecule has 0 fully saturated rings. The van der Waals surface area contributed by atoms with E-state index >= 15 is 0 Å². The summed E-state index contributed by atoms with van der Waals surface area (Å²) in [6, 6.07) is 2.35. The van der Waals surface area contributed by atoms with Gasteiger partial charge in [-0.1, -0.05) is 0 Å². The van der Waals surface area contributed by atoms with E-state index in [4.69, 9.17) is 0 Å². The van der Waals surface area contributed by atoms with Crippen molar-refractivity contribution in [1.82, 2.24) is 4.98 Å². The van der Waals surface area contributed by atoms with Gasteiger partial charge in [0, 0.05) is 25.1 Å². The Kier molecular flexibility index (Phi) is 3.44. The zero-order chi connectivity index (χ0) is 5.98. The van der Waals surface area contributed by atoms with Crippen LogP contribution in [0.3, 0.4) is 0 Å². The largest absolute Gasteiger partial charge is 0.248 e. The van der Waals surface area contributed by atoms with Gasteiger partial charge in [-0.15, -0.1) is 0 Å². The summed E-state index contributed by atoms with van der Waals surface area (Å²) in [4.78, 5) is 3.04. The fourth-order valence-electron chi connectivity index (χ4n) is 0.366. The second-order valence-electron chi connectivity index (χ2n) is 1.28. The summed E-state index contributed by atoms with van der Waals surface area (Å²) in [5.41, 5.74) is 0. The van der Waals surface area contributed by atoms with E-state index in [1.807, 2.05) is 0 Å². The molecule has 1 rings (SSSR count). The molecule has 0 atom stereocenters. The van der Waals surface area contributed by atoms with Crippen LogP contribution in [0.4, 0.5) is 8.78 Å². The first kappa shape index (κ1) is 8.61. The number of pyridine rings is 1. The van der Waals surface area contributed by atoms with E-state index in [0.717, 1.165) is 6.07 Å². The molecule has 43 valence electrons. The van der Waals surface area contributed by atoms with Crippen molar-refractivity contribution >= 4 is 18.9 Å². The van der Waals surface area contributed by atoms with Crippen LogP contribution < -0.4 is 0 Å². The van der Waals surface area contributed by atoms with Crippen LogP contribution in [0.15, 0.2) is 18.3 Å². The summed E-state index contributed by atoms with van der Waals surface area (Å²) >= 11 is 0. The minimum Gasteiger partial charge on any atom is -0.226 e. The molecule has 0 aromatic carbocycles. The summed E-state index contributed by atoms with van der Waals surface area (Å²) in [5.74, 6) is -1.96. The third-order valence-corrected chi connectivity index (χ3v) is 0.714. The molecule has 0 amide bonds. The standard InChI is InChI=1S/C5H3F2N.Li/c6-4-2-1-3-8-5(4)7;/h1-3H;. The summed E-state index contributed by atoms with van der Waals surface area (Å²) < 4.78 is 23.7. The Balaban J connectivity index is 0.000000640. The fourth-order valence-corrected chi connectivity index (χ4v) is 0.366. The van der Waals surface area contributed by atoms with Gasteiger partial charge >= 0.3 is 0 Å². The summed E-state index contributed by atoms with van der Waals surface area (Å²) in [5, 5.41) is 0. The number of hydrogen-bond donors (Lipinski definition) is 0. The van der Waals surface area contributed by atoms with Crippen molar-refractivity contribution in [2.24, 2.45) is 0 Å². The Hall–Kier alpha value is -0.393. The first-order valence-electron chi connectivity index (χ1n) is 2.07. The van der Waals surface area contributed by atoms with Crippen LogP contribution >= 0.6 is 0 Å². The molecular formula is C5H3F2LiN. The summed E-state index contributed by atoms with van der Waals surface area (Å²) in [6.45, 7) is 0. The predicted octanol–water partition coefficient (Wildman–Crippen LogP) is 0.979. The van der Waals surface area contributed by atoms with Crippen LogP contribution in [0.2, 0.25) is 0 Å². The molecule has 0 saturated heterocycles. The molecule has 1 radical (unpaired) electrons. The summed E-state index contributed by atoms with van der Waals surface area (Å²) in [7, 11) is 0. The number of halogens is 2. The smallest absolute Gasteiger partial charge is 0.226 e. The van der Waals surface area contributed by atoms with Crippen molar-refractivity contribution in [2.45, 2.75) is 0 Å². The fraction of sp³-hybridized carbons (Fsp3) is 0. The van der Waals surface area contributed by atoms with E-state index in [9.17, 15) is 8.78 Å². The van der Waals surface area contributed by atoms with E-state index in [1.165, 1.54) is 12.3 Å². The van der Waals surface area contributed by atoms with Crippen LogP contribution in [0, 0.1) is 11.8 Å². The van der Waals surface area contributed by atoms with Gasteiger partial charge in [-0.05, 0) is 12.1 Å². The Bertz CT molecular complexity index is 171. The molecule has 0 bridgehead atoms. The molecule has 4 heteroatoms. The number of aromatic nitrogens is 1. The average molecular weight is 122 g/mol. The van der Waals surface area contributed by atoms with E-state index in [1.54, 1.807) is 0 Å². The normalized spacial score (nSPS) is 8.22. The molecule has 0 aliphatic rings. The molecule has 1 aromatic heterocycles. The van der Waals surface area contributed by atoms with E-state index in [2.05, 4.69) is 4.98 Å². The second kappa shape index (κ2) is 3.60. The van der Waals surface area contributed by atoms with Gasteiger partial charge in [0.2, 0.25) is 5.95 Å². The topological polar surface area (TPSA) is 12.9 Å². The zero-order valence-electron chi connectivity index (χ0n) is 4.94. The summed E-state index contributed by atoms with van der Waals surface area (Å²) in [6.07, 6.45) is 1.19. The molecule has 0 N–H and O–H groups in total. The van der Waals surface area contributed by atoms with Crippen molar-refractivity contribution in [1.29, 1.82) is 0 Å². The molecule has 1 aromatic rings. The third-order valence-electron chi connectivity index (χ3n) is 0.714. The van der Waals surface area contributed by atoms with Gasteiger partial charge in [0.05, 0.1) is 0 Å². The van der Waals surface area contributed by atoms with E-state index in [-0.39, 0.29) is 18.9 Å². The molecule has 0 saturated carbocycles. The predicted molar refractivity (Wildman–Crippen MR) is 29.9 cm³/mol. The van der Waals surface area contributed by atoms with Gasteiger partial charge in [-0.2, -0.15) is 4.39 Å². The average Bonchev–Trinajstić information content (AvgIpc) is 1.77. The van der Waals surface area contributed by atoms with Gasteiger partial charge < -0.3 is 0 Å². The van der Waals surface area contributed by atoms with Crippen molar-refractivity contribution in [2.75, 3.05) is 0 Å². The first-order chi connectivity index (χ1) is 3.80. The van der Waals surface area contributed by atoms with E-state index in [0.29, 0.717) is 0 Å². The van der Waals surface area contributed by atoms with Crippen LogP contribution in [0.25, 0.3) is 0 Å². The number of rotatable bonds is 0. The molecule has 1 heterocycles. The zero-order valence-corrected chi connectivity index (χ0v) is 4.94. The van der Waals surface area contributed by atoms with Crippen LogP contribution in [0.1, 0.15) is 0 Å². The van der Waals surface area contributed by atoms with Crippen LogP contribution in [0.5, 0.6) is 0 Å². The minimum atomic E-state index is -1.05. The Labute approximate surface area is 63.3 Å². The molecule has 0 unspecified atom stereocenters. The van der Waals surface area contributed by atoms with Crippen molar-refractivity contribution in [3.05, 3.63) is 30.1 Å². The van der Waals surface area contributed by atoms with Gasteiger partial charge in [0.1, 0.15) is 0 Å². The maximum absolute atomic E-state index is 11.9. The van der Waals surface area contributed by atoms with Gasteiger partial charge in [-0.25, -0.2) is 9.37 Å². The Morgan fingerprint density at radius 2 is 2.00 bits per heavy atom. The Morgan fingerprint density at radius 1 is 1.33 bits per heavy atom. The first-order valence-corrected chi connectivity index (χ1v) is 2.07. The minimum absolute atomic E-state index is 0. The van der Waals surface area contributed by atoms with Crippen LogP contribution in [-0.2, 0) is 0 Å². The third kappa shape index (κ3) is 2.13. The van der Waals surface area contributed by atoms with Crippen molar-refractivity contribution in [3.8, 4) is 0 Å². The van der Waals surface area contributed by atoms with Gasteiger partial charge in [-0.3, -0.25) is 0 Å². The monoisotopic (exact) mass is 122 g/mol. The van der Waals surface area contributed by atoms with Crippen molar-refractivity contribution < 1.29 is 8.78 Å². The second-order valence-corrected chi connectivity index (χ2v) is 1.28. The maximum Gasteiger partial charge on any atom is 0.248 e. The SMILES string of the molecule is Fc1cccnc1F.[Li]. The van der Waals surface area contributed by atoms with Gasteiger partial charge in [0.25, 0.3) is 0 Å². The number of hydrogen-bond acceptors (Lipinski definition) is 1.